The van der Waals surface area contributed by atoms with Crippen molar-refractivity contribution < 1.29 is 13.5 Å². The lowest BCUT2D eigenvalue weighted by atomic mass is 10.2. The summed E-state index contributed by atoms with van der Waals surface area (Å²) < 4.78 is 26.5. The second-order valence-electron chi connectivity index (χ2n) is 3.67. The van der Waals surface area contributed by atoms with Crippen molar-refractivity contribution in [1.82, 2.24) is 4.72 Å². The number of thioether (sulfide) groups is 1. The van der Waals surface area contributed by atoms with E-state index < -0.39 is 10.0 Å². The number of aliphatic hydroxyl groups is 1. The molecule has 0 saturated heterocycles. The average Bonchev–Trinajstić information content (AvgIpc) is 2.35. The Balaban J connectivity index is 2.83. The number of nitrogens with one attached hydrogen (secondary N) is 1. The summed E-state index contributed by atoms with van der Waals surface area (Å²) in [6.07, 6.45) is 2.73. The van der Waals surface area contributed by atoms with Gasteiger partial charge in [-0.2, -0.15) is 11.8 Å². The second kappa shape index (κ2) is 7.35. The fraction of sp³-hybridized carbons (Fsp3) is 0.455. The van der Waals surface area contributed by atoms with Crippen molar-refractivity contribution in [1.29, 1.82) is 0 Å². The van der Waals surface area contributed by atoms with E-state index in [-0.39, 0.29) is 16.5 Å². The van der Waals surface area contributed by atoms with Crippen LogP contribution in [0.15, 0.2) is 23.1 Å². The van der Waals surface area contributed by atoms with Gasteiger partial charge in [0.15, 0.2) is 0 Å². The van der Waals surface area contributed by atoms with Crippen LogP contribution in [0.25, 0.3) is 0 Å². The SMILES string of the molecule is CSCCCNS(=O)(=O)c1cc(CO)ccc1Cl. The molecular formula is C11H16ClNO3S2. The number of aliphatic hydroxyl groups excluding tert-OH is 1. The Bertz CT molecular complexity index is 491. The van der Waals surface area contributed by atoms with Crippen LogP contribution >= 0.6 is 23.4 Å². The van der Waals surface area contributed by atoms with Crippen LogP contribution in [0.5, 0.6) is 0 Å². The maximum absolute atomic E-state index is 12.0. The maximum atomic E-state index is 12.0. The Morgan fingerprint density at radius 1 is 1.44 bits per heavy atom. The van der Waals surface area contributed by atoms with E-state index >= 15 is 0 Å². The number of hydrogen-bond donors (Lipinski definition) is 2. The summed E-state index contributed by atoms with van der Waals surface area (Å²) in [4.78, 5) is 0.0138. The molecular weight excluding hydrogens is 294 g/mol. The number of hydrogen-bond acceptors (Lipinski definition) is 4. The highest BCUT2D eigenvalue weighted by molar-refractivity contribution is 7.98. The van der Waals surface area contributed by atoms with Gasteiger partial charge in [0.05, 0.1) is 11.6 Å². The van der Waals surface area contributed by atoms with Gasteiger partial charge in [0.25, 0.3) is 0 Å². The molecule has 1 rings (SSSR count). The van der Waals surface area contributed by atoms with Crippen molar-refractivity contribution in [2.75, 3.05) is 18.6 Å². The third-order valence-corrected chi connectivity index (χ3v) is 4.92. The third-order valence-electron chi connectivity index (χ3n) is 2.29. The van der Waals surface area contributed by atoms with E-state index in [1.807, 2.05) is 6.26 Å². The number of halogens is 1. The van der Waals surface area contributed by atoms with Crippen LogP contribution < -0.4 is 4.72 Å². The number of sulfonamides is 1. The lowest BCUT2D eigenvalue weighted by molar-refractivity contribution is 0.281. The molecule has 0 aliphatic carbocycles. The summed E-state index contributed by atoms with van der Waals surface area (Å²) in [7, 11) is -3.61. The molecule has 1 aromatic rings. The van der Waals surface area contributed by atoms with Crippen molar-refractivity contribution in [3.8, 4) is 0 Å². The minimum atomic E-state index is -3.61. The second-order valence-corrected chi connectivity index (χ2v) is 6.80. The molecule has 0 bridgehead atoms. The van der Waals surface area contributed by atoms with Crippen LogP contribution in [-0.4, -0.2) is 32.1 Å². The van der Waals surface area contributed by atoms with Crippen LogP contribution in [0.2, 0.25) is 5.02 Å². The summed E-state index contributed by atoms with van der Waals surface area (Å²) in [6, 6.07) is 4.46. The molecule has 0 spiro atoms. The molecule has 1 aromatic carbocycles. The molecule has 0 radical (unpaired) electrons. The summed E-state index contributed by atoms with van der Waals surface area (Å²) in [5, 5.41) is 9.16. The minimum absolute atomic E-state index is 0.0138. The zero-order chi connectivity index (χ0) is 13.6. The summed E-state index contributed by atoms with van der Waals surface area (Å²) in [5.41, 5.74) is 0.517. The van der Waals surface area contributed by atoms with Gasteiger partial charge in [-0.05, 0) is 36.1 Å². The highest BCUT2D eigenvalue weighted by Gasteiger charge is 2.17. The molecule has 0 atom stereocenters. The van der Waals surface area contributed by atoms with Gasteiger partial charge in [-0.3, -0.25) is 0 Å². The van der Waals surface area contributed by atoms with E-state index in [1.54, 1.807) is 17.8 Å². The van der Waals surface area contributed by atoms with E-state index in [2.05, 4.69) is 4.72 Å². The molecule has 0 amide bonds. The topological polar surface area (TPSA) is 66.4 Å². The Kier molecular flexibility index (Phi) is 6.45. The molecule has 0 unspecified atom stereocenters. The zero-order valence-corrected chi connectivity index (χ0v) is 12.4. The molecule has 0 heterocycles. The van der Waals surface area contributed by atoms with Gasteiger partial charge in [-0.1, -0.05) is 17.7 Å². The molecule has 18 heavy (non-hydrogen) atoms. The van der Waals surface area contributed by atoms with Gasteiger partial charge in [-0.25, -0.2) is 13.1 Å². The summed E-state index contributed by atoms with van der Waals surface area (Å²) in [5.74, 6) is 0.896. The van der Waals surface area contributed by atoms with E-state index in [4.69, 9.17) is 16.7 Å². The van der Waals surface area contributed by atoms with Crippen molar-refractivity contribution in [2.45, 2.75) is 17.9 Å². The lowest BCUT2D eigenvalue weighted by Gasteiger charge is -2.09. The molecule has 2 N–H and O–H groups in total. The Labute approximate surface area is 117 Å². The summed E-state index contributed by atoms with van der Waals surface area (Å²) >= 11 is 7.54. The lowest BCUT2D eigenvalue weighted by Crippen LogP contribution is -2.25. The molecule has 0 aliphatic heterocycles. The molecule has 0 saturated carbocycles. The van der Waals surface area contributed by atoms with E-state index in [1.165, 1.54) is 12.1 Å². The Morgan fingerprint density at radius 2 is 2.17 bits per heavy atom. The Hall–Kier alpha value is -0.270. The van der Waals surface area contributed by atoms with Gasteiger partial charge in [0.2, 0.25) is 10.0 Å². The van der Waals surface area contributed by atoms with Gasteiger partial charge in [0, 0.05) is 6.54 Å². The Morgan fingerprint density at radius 3 is 2.78 bits per heavy atom. The van der Waals surface area contributed by atoms with Crippen LogP contribution in [0.3, 0.4) is 0 Å². The molecule has 7 heteroatoms. The normalized spacial score (nSPS) is 11.7. The van der Waals surface area contributed by atoms with Crippen molar-refractivity contribution in [3.63, 3.8) is 0 Å². The quantitative estimate of drug-likeness (QED) is 0.755. The summed E-state index contributed by atoms with van der Waals surface area (Å²) in [6.45, 7) is 0.162. The molecule has 0 aliphatic rings. The first-order chi connectivity index (χ1) is 8.51. The van der Waals surface area contributed by atoms with Crippen LogP contribution in [0.4, 0.5) is 0 Å². The smallest absolute Gasteiger partial charge is 0.242 e. The van der Waals surface area contributed by atoms with Crippen molar-refractivity contribution >= 4 is 33.4 Å². The van der Waals surface area contributed by atoms with Crippen LogP contribution in [-0.2, 0) is 16.6 Å². The fourth-order valence-electron chi connectivity index (χ4n) is 1.35. The first-order valence-electron chi connectivity index (χ1n) is 5.39. The predicted molar refractivity (Wildman–Crippen MR) is 75.6 cm³/mol. The third kappa shape index (κ3) is 4.44. The average molecular weight is 310 g/mol. The predicted octanol–water partition coefficient (Wildman–Crippen LogP) is 1.86. The van der Waals surface area contributed by atoms with Gasteiger partial charge >= 0.3 is 0 Å². The minimum Gasteiger partial charge on any atom is -0.392 e. The first-order valence-corrected chi connectivity index (χ1v) is 8.64. The monoisotopic (exact) mass is 309 g/mol. The van der Waals surface area contributed by atoms with Gasteiger partial charge < -0.3 is 5.11 Å². The van der Waals surface area contributed by atoms with Crippen molar-refractivity contribution in [2.24, 2.45) is 0 Å². The fourth-order valence-corrected chi connectivity index (χ4v) is 3.41. The van der Waals surface area contributed by atoms with E-state index in [9.17, 15) is 8.42 Å². The van der Waals surface area contributed by atoms with Crippen molar-refractivity contribution in [3.05, 3.63) is 28.8 Å². The van der Waals surface area contributed by atoms with E-state index in [0.29, 0.717) is 12.1 Å². The molecule has 0 fully saturated rings. The highest BCUT2D eigenvalue weighted by atomic mass is 35.5. The molecule has 4 nitrogen and oxygen atoms in total. The van der Waals surface area contributed by atoms with Gasteiger partial charge in [-0.15, -0.1) is 0 Å². The standard InChI is InChI=1S/C11H16ClNO3S2/c1-17-6-2-5-13-18(15,16)11-7-9(8-14)3-4-10(11)12/h3-4,7,13-14H,2,5-6,8H2,1H3. The van der Waals surface area contributed by atoms with Crippen LogP contribution in [0, 0.1) is 0 Å². The number of rotatable bonds is 7. The first kappa shape index (κ1) is 15.8. The van der Waals surface area contributed by atoms with Crippen LogP contribution in [0.1, 0.15) is 12.0 Å². The molecule has 0 aromatic heterocycles. The van der Waals surface area contributed by atoms with Gasteiger partial charge in [0.1, 0.15) is 4.90 Å². The van der Waals surface area contributed by atoms with E-state index in [0.717, 1.165) is 12.2 Å². The molecule has 102 valence electrons. The highest BCUT2D eigenvalue weighted by Crippen LogP contribution is 2.22. The largest absolute Gasteiger partial charge is 0.392 e. The zero-order valence-electron chi connectivity index (χ0n) is 10.0. The number of benzene rings is 1. The maximum Gasteiger partial charge on any atom is 0.242 e.